The summed E-state index contributed by atoms with van der Waals surface area (Å²) in [5.74, 6) is -0.463. The Labute approximate surface area is 152 Å². The molecule has 0 radical (unpaired) electrons. The van der Waals surface area contributed by atoms with E-state index in [9.17, 15) is 4.79 Å². The number of hydrogen-bond donors (Lipinski definition) is 2. The Morgan fingerprint density at radius 3 is 2.33 bits per heavy atom. The molecule has 0 bridgehead atoms. The molecule has 0 saturated carbocycles. The van der Waals surface area contributed by atoms with Gasteiger partial charge in [-0.15, -0.1) is 0 Å². The van der Waals surface area contributed by atoms with Crippen molar-refractivity contribution in [2.45, 2.75) is 6.04 Å². The van der Waals surface area contributed by atoms with Crippen LogP contribution < -0.4 is 11.1 Å². The molecule has 7 heteroatoms. The van der Waals surface area contributed by atoms with Crippen molar-refractivity contribution in [2.75, 3.05) is 5.32 Å². The molecule has 0 aromatic heterocycles. The lowest BCUT2D eigenvalue weighted by Gasteiger charge is -2.18. The van der Waals surface area contributed by atoms with E-state index in [4.69, 9.17) is 17.3 Å². The fraction of sp³-hybridized carbons (Fsp3) is 0.0714. The second-order valence-electron chi connectivity index (χ2n) is 4.28. The highest BCUT2D eigenvalue weighted by Crippen LogP contribution is 2.30. The molecule has 0 heterocycles. The van der Waals surface area contributed by atoms with Crippen LogP contribution in [0.1, 0.15) is 11.6 Å². The summed E-state index contributed by atoms with van der Waals surface area (Å²) in [7, 11) is 0. The smallest absolute Gasteiger partial charge is 0.244 e. The number of carbonyl (C=O) groups is 1. The van der Waals surface area contributed by atoms with Gasteiger partial charge in [0.1, 0.15) is 6.04 Å². The maximum absolute atomic E-state index is 11.7. The molecule has 110 valence electrons. The second-order valence-corrected chi connectivity index (χ2v) is 7.25. The van der Waals surface area contributed by atoms with Gasteiger partial charge in [-0.2, -0.15) is 0 Å². The van der Waals surface area contributed by atoms with Gasteiger partial charge in [-0.05, 0) is 83.7 Å². The summed E-state index contributed by atoms with van der Waals surface area (Å²) in [6.45, 7) is 0. The normalized spacial score (nSPS) is 12.0. The first kappa shape index (κ1) is 16.8. The SMILES string of the molecule is NC(=O)C(Nc1ccc(Cl)c(Br)c1)c1ccc(Br)c(Br)c1. The van der Waals surface area contributed by atoms with Crippen LogP contribution >= 0.6 is 59.4 Å². The zero-order chi connectivity index (χ0) is 15.6. The average Bonchev–Trinajstić information content (AvgIpc) is 2.43. The number of anilines is 1. The number of nitrogens with one attached hydrogen (secondary N) is 1. The Bertz CT molecular complexity index is 694. The van der Waals surface area contributed by atoms with Crippen molar-refractivity contribution >= 4 is 71.0 Å². The summed E-state index contributed by atoms with van der Waals surface area (Å²) in [6.07, 6.45) is 0. The van der Waals surface area contributed by atoms with Gasteiger partial charge in [0.05, 0.1) is 5.02 Å². The minimum Gasteiger partial charge on any atom is -0.370 e. The second kappa shape index (κ2) is 7.13. The van der Waals surface area contributed by atoms with Gasteiger partial charge >= 0.3 is 0 Å². The van der Waals surface area contributed by atoms with Crippen LogP contribution in [0.25, 0.3) is 0 Å². The van der Waals surface area contributed by atoms with Crippen LogP contribution in [0.15, 0.2) is 49.8 Å². The van der Waals surface area contributed by atoms with Crippen LogP contribution in [0.4, 0.5) is 5.69 Å². The van der Waals surface area contributed by atoms with Crippen molar-refractivity contribution in [3.63, 3.8) is 0 Å². The van der Waals surface area contributed by atoms with Crippen LogP contribution in [-0.2, 0) is 4.79 Å². The first-order valence-electron chi connectivity index (χ1n) is 5.84. The van der Waals surface area contributed by atoms with E-state index in [2.05, 4.69) is 53.1 Å². The first-order valence-corrected chi connectivity index (χ1v) is 8.60. The molecule has 0 fully saturated rings. The van der Waals surface area contributed by atoms with E-state index in [0.717, 1.165) is 24.7 Å². The summed E-state index contributed by atoms with van der Waals surface area (Å²) < 4.78 is 2.50. The predicted octanol–water partition coefficient (Wildman–Crippen LogP) is 5.27. The van der Waals surface area contributed by atoms with Crippen molar-refractivity contribution < 1.29 is 4.79 Å². The van der Waals surface area contributed by atoms with Crippen LogP contribution in [0.2, 0.25) is 5.02 Å². The number of halogens is 4. The minimum atomic E-state index is -0.637. The topological polar surface area (TPSA) is 55.1 Å². The predicted molar refractivity (Wildman–Crippen MR) is 96.6 cm³/mol. The summed E-state index contributed by atoms with van der Waals surface area (Å²) in [5, 5.41) is 3.71. The Balaban J connectivity index is 2.32. The Morgan fingerprint density at radius 1 is 1.05 bits per heavy atom. The lowest BCUT2D eigenvalue weighted by molar-refractivity contribution is -0.118. The molecule has 1 atom stereocenters. The first-order chi connectivity index (χ1) is 9.88. The monoisotopic (exact) mass is 494 g/mol. The molecular formula is C14H10Br3ClN2O. The number of hydrogen-bond acceptors (Lipinski definition) is 2. The summed E-state index contributed by atoms with van der Waals surface area (Å²) >= 11 is 16.1. The fourth-order valence-corrected chi connectivity index (χ4v) is 2.90. The van der Waals surface area contributed by atoms with E-state index in [0.29, 0.717) is 5.02 Å². The van der Waals surface area contributed by atoms with Crippen LogP contribution in [0.3, 0.4) is 0 Å². The highest BCUT2D eigenvalue weighted by atomic mass is 79.9. The van der Waals surface area contributed by atoms with E-state index >= 15 is 0 Å². The van der Waals surface area contributed by atoms with Crippen molar-refractivity contribution in [3.8, 4) is 0 Å². The van der Waals surface area contributed by atoms with Crippen molar-refractivity contribution in [3.05, 3.63) is 60.4 Å². The van der Waals surface area contributed by atoms with Crippen LogP contribution in [0.5, 0.6) is 0 Å². The quantitative estimate of drug-likeness (QED) is 0.605. The third kappa shape index (κ3) is 4.22. The molecule has 0 spiro atoms. The Kier molecular flexibility index (Phi) is 5.71. The van der Waals surface area contributed by atoms with Crippen LogP contribution in [0, 0.1) is 0 Å². The number of nitrogens with two attached hydrogens (primary N) is 1. The minimum absolute atomic E-state index is 0.463. The number of rotatable bonds is 4. The molecule has 2 aromatic rings. The largest absolute Gasteiger partial charge is 0.370 e. The molecule has 1 amide bonds. The maximum atomic E-state index is 11.7. The van der Waals surface area contributed by atoms with E-state index in [1.165, 1.54) is 0 Å². The molecule has 0 aliphatic heterocycles. The molecule has 2 rings (SSSR count). The Morgan fingerprint density at radius 2 is 1.76 bits per heavy atom. The van der Waals surface area contributed by atoms with Crippen molar-refractivity contribution in [1.29, 1.82) is 0 Å². The highest BCUT2D eigenvalue weighted by Gasteiger charge is 2.18. The highest BCUT2D eigenvalue weighted by molar-refractivity contribution is 9.13. The van der Waals surface area contributed by atoms with Gasteiger partial charge in [0.15, 0.2) is 0 Å². The van der Waals surface area contributed by atoms with Gasteiger partial charge in [0.25, 0.3) is 0 Å². The summed E-state index contributed by atoms with van der Waals surface area (Å²) in [5.41, 5.74) is 7.02. The van der Waals surface area contributed by atoms with Crippen molar-refractivity contribution in [1.82, 2.24) is 0 Å². The van der Waals surface area contributed by atoms with E-state index in [1.54, 1.807) is 18.2 Å². The standard InChI is InChI=1S/C14H10Br3ClN2O/c15-9-3-1-7(5-10(9)16)13(14(19)21)20-8-2-4-12(18)11(17)6-8/h1-6,13,20H,(H2,19,21). The molecule has 0 saturated heterocycles. The summed E-state index contributed by atoms with van der Waals surface area (Å²) in [6, 6.07) is 10.2. The van der Waals surface area contributed by atoms with Gasteiger partial charge < -0.3 is 11.1 Å². The number of amides is 1. The molecule has 3 nitrogen and oxygen atoms in total. The van der Waals surface area contributed by atoms with Gasteiger partial charge in [-0.3, -0.25) is 4.79 Å². The molecule has 3 N–H and O–H groups in total. The van der Waals surface area contributed by atoms with Crippen molar-refractivity contribution in [2.24, 2.45) is 5.73 Å². The molecular weight excluding hydrogens is 487 g/mol. The van der Waals surface area contributed by atoms with Crippen LogP contribution in [-0.4, -0.2) is 5.91 Å². The fourth-order valence-electron chi connectivity index (χ4n) is 1.76. The lowest BCUT2D eigenvalue weighted by atomic mass is 10.1. The third-order valence-electron chi connectivity index (χ3n) is 2.79. The Hall–Kier alpha value is -0.560. The zero-order valence-electron chi connectivity index (χ0n) is 10.5. The van der Waals surface area contributed by atoms with Gasteiger partial charge in [-0.1, -0.05) is 17.7 Å². The van der Waals surface area contributed by atoms with Gasteiger partial charge in [0.2, 0.25) is 5.91 Å². The zero-order valence-corrected chi connectivity index (χ0v) is 16.1. The molecule has 1 unspecified atom stereocenters. The maximum Gasteiger partial charge on any atom is 0.244 e. The average molecular weight is 497 g/mol. The molecule has 21 heavy (non-hydrogen) atoms. The van der Waals surface area contributed by atoms with E-state index < -0.39 is 11.9 Å². The third-order valence-corrected chi connectivity index (χ3v) is 5.89. The van der Waals surface area contributed by atoms with E-state index in [-0.39, 0.29) is 0 Å². The lowest BCUT2D eigenvalue weighted by Crippen LogP contribution is -2.27. The number of carbonyl (C=O) groups excluding carboxylic acids is 1. The number of primary amides is 1. The number of benzene rings is 2. The molecule has 0 aliphatic rings. The van der Waals surface area contributed by atoms with Gasteiger partial charge in [-0.25, -0.2) is 0 Å². The van der Waals surface area contributed by atoms with E-state index in [1.807, 2.05) is 18.2 Å². The van der Waals surface area contributed by atoms with Gasteiger partial charge in [0, 0.05) is 19.1 Å². The summed E-state index contributed by atoms with van der Waals surface area (Å²) in [4.78, 5) is 11.7. The molecule has 2 aromatic carbocycles. The molecule has 0 aliphatic carbocycles.